The summed E-state index contributed by atoms with van der Waals surface area (Å²) >= 11 is 0. The first-order valence-electron chi connectivity index (χ1n) is 6.92. The van der Waals surface area contributed by atoms with E-state index in [9.17, 15) is 13.2 Å². The smallest absolute Gasteiger partial charge is 0.406 e. The number of aromatic nitrogens is 2. The Hall–Kier alpha value is -2.09. The molecule has 0 saturated carbocycles. The molecule has 22 heavy (non-hydrogen) atoms. The fourth-order valence-corrected chi connectivity index (χ4v) is 2.42. The highest BCUT2D eigenvalue weighted by Gasteiger charge is 2.31. The Bertz CT molecular complexity index is 636. The van der Waals surface area contributed by atoms with E-state index in [1.165, 1.54) is 18.2 Å². The Morgan fingerprint density at radius 1 is 1.23 bits per heavy atom. The number of nitrogens with one attached hydrogen (secondary N) is 1. The summed E-state index contributed by atoms with van der Waals surface area (Å²) in [7, 11) is 0. The van der Waals surface area contributed by atoms with E-state index in [-0.39, 0.29) is 17.5 Å². The highest BCUT2D eigenvalue weighted by Crippen LogP contribution is 2.29. The number of hydrogen-bond acceptors (Lipinski definition) is 5. The van der Waals surface area contributed by atoms with E-state index in [1.807, 2.05) is 0 Å². The normalized spacial score (nSPS) is 16.7. The third kappa shape index (κ3) is 3.56. The van der Waals surface area contributed by atoms with Crippen molar-refractivity contribution in [3.63, 3.8) is 0 Å². The van der Waals surface area contributed by atoms with Crippen LogP contribution in [0.2, 0.25) is 0 Å². The van der Waals surface area contributed by atoms with Crippen molar-refractivity contribution in [2.75, 3.05) is 13.1 Å². The predicted molar refractivity (Wildman–Crippen MR) is 71.3 cm³/mol. The first-order chi connectivity index (χ1) is 10.5. The maximum atomic E-state index is 12.2. The van der Waals surface area contributed by atoms with Gasteiger partial charge in [0.25, 0.3) is 0 Å². The summed E-state index contributed by atoms with van der Waals surface area (Å²) in [6, 6.07) is 5.53. The third-order valence-electron chi connectivity index (χ3n) is 3.46. The standard InChI is InChI=1S/C14H14F3N3O2/c15-14(16,17)21-11-3-1-2-10(8-11)12-19-13(22-20-12)9-4-6-18-7-5-9/h1-3,8-9,18H,4-7H2. The van der Waals surface area contributed by atoms with Crippen LogP contribution in [0.3, 0.4) is 0 Å². The lowest BCUT2D eigenvalue weighted by Gasteiger charge is -2.18. The number of benzene rings is 1. The van der Waals surface area contributed by atoms with Crippen molar-refractivity contribution in [1.82, 2.24) is 15.5 Å². The molecule has 1 aliphatic rings. The molecule has 0 amide bonds. The first-order valence-corrected chi connectivity index (χ1v) is 6.92. The summed E-state index contributed by atoms with van der Waals surface area (Å²) in [5, 5.41) is 7.10. The number of halogens is 3. The molecule has 0 spiro atoms. The van der Waals surface area contributed by atoms with E-state index in [4.69, 9.17) is 4.52 Å². The van der Waals surface area contributed by atoms with Crippen molar-refractivity contribution in [3.05, 3.63) is 30.2 Å². The van der Waals surface area contributed by atoms with Gasteiger partial charge >= 0.3 is 6.36 Å². The molecule has 118 valence electrons. The van der Waals surface area contributed by atoms with Crippen molar-refractivity contribution in [2.45, 2.75) is 25.1 Å². The molecule has 3 rings (SSSR count). The second kappa shape index (κ2) is 5.96. The fraction of sp³-hybridized carbons (Fsp3) is 0.429. The molecule has 0 unspecified atom stereocenters. The molecule has 5 nitrogen and oxygen atoms in total. The number of rotatable bonds is 3. The van der Waals surface area contributed by atoms with Crippen LogP contribution in [0.5, 0.6) is 5.75 Å². The Labute approximate surface area is 124 Å². The fourth-order valence-electron chi connectivity index (χ4n) is 2.42. The minimum Gasteiger partial charge on any atom is -0.406 e. The van der Waals surface area contributed by atoms with Crippen LogP contribution < -0.4 is 10.1 Å². The second-order valence-electron chi connectivity index (χ2n) is 5.06. The molecule has 8 heteroatoms. The lowest BCUT2D eigenvalue weighted by molar-refractivity contribution is -0.274. The van der Waals surface area contributed by atoms with Crippen molar-refractivity contribution in [3.8, 4) is 17.1 Å². The van der Waals surface area contributed by atoms with Gasteiger partial charge in [-0.1, -0.05) is 17.3 Å². The van der Waals surface area contributed by atoms with E-state index < -0.39 is 6.36 Å². The number of piperidine rings is 1. The maximum Gasteiger partial charge on any atom is 0.573 e. The Balaban J connectivity index is 1.79. The molecule has 1 aromatic heterocycles. The van der Waals surface area contributed by atoms with E-state index in [0.29, 0.717) is 11.5 Å². The lowest BCUT2D eigenvalue weighted by Crippen LogP contribution is -2.26. The van der Waals surface area contributed by atoms with Crippen molar-refractivity contribution in [2.24, 2.45) is 0 Å². The Morgan fingerprint density at radius 3 is 2.73 bits per heavy atom. The monoisotopic (exact) mass is 313 g/mol. The summed E-state index contributed by atoms with van der Waals surface area (Å²) in [6.45, 7) is 1.77. The minimum absolute atomic E-state index is 0.192. The van der Waals surface area contributed by atoms with Crippen molar-refractivity contribution in [1.29, 1.82) is 0 Å². The average molecular weight is 313 g/mol. The second-order valence-corrected chi connectivity index (χ2v) is 5.06. The van der Waals surface area contributed by atoms with Gasteiger partial charge in [0, 0.05) is 11.5 Å². The molecule has 0 radical (unpaired) electrons. The maximum absolute atomic E-state index is 12.2. The van der Waals surface area contributed by atoms with Crippen LogP contribution in [-0.2, 0) is 0 Å². The first kappa shape index (κ1) is 14.8. The van der Waals surface area contributed by atoms with Gasteiger partial charge in [-0.3, -0.25) is 0 Å². The van der Waals surface area contributed by atoms with Crippen LogP contribution in [0.25, 0.3) is 11.4 Å². The van der Waals surface area contributed by atoms with Crippen LogP contribution in [0.15, 0.2) is 28.8 Å². The predicted octanol–water partition coefficient (Wildman–Crippen LogP) is 3.10. The Kier molecular flexibility index (Phi) is 4.02. The molecule has 0 atom stereocenters. The highest BCUT2D eigenvalue weighted by molar-refractivity contribution is 5.56. The van der Waals surface area contributed by atoms with Crippen LogP contribution in [-0.4, -0.2) is 29.6 Å². The van der Waals surface area contributed by atoms with Gasteiger partial charge in [0.1, 0.15) is 5.75 Å². The van der Waals surface area contributed by atoms with Gasteiger partial charge in [-0.25, -0.2) is 0 Å². The molecular formula is C14H14F3N3O2. The van der Waals surface area contributed by atoms with Gasteiger partial charge in [-0.2, -0.15) is 4.98 Å². The molecule has 1 fully saturated rings. The van der Waals surface area contributed by atoms with Gasteiger partial charge in [-0.05, 0) is 38.1 Å². The SMILES string of the molecule is FC(F)(F)Oc1cccc(-c2noc(C3CCNCC3)n2)c1. The van der Waals surface area contributed by atoms with Gasteiger partial charge in [-0.15, -0.1) is 13.2 Å². The minimum atomic E-state index is -4.73. The van der Waals surface area contributed by atoms with Gasteiger partial charge in [0.05, 0.1) is 0 Å². The number of nitrogens with zero attached hydrogens (tertiary/aromatic N) is 2. The molecule has 1 aromatic carbocycles. The largest absolute Gasteiger partial charge is 0.573 e. The molecule has 1 saturated heterocycles. The van der Waals surface area contributed by atoms with E-state index in [2.05, 4.69) is 20.2 Å². The zero-order valence-corrected chi connectivity index (χ0v) is 11.6. The van der Waals surface area contributed by atoms with Crippen molar-refractivity contribution < 1.29 is 22.4 Å². The summed E-state index contributed by atoms with van der Waals surface area (Å²) in [4.78, 5) is 4.30. The summed E-state index contributed by atoms with van der Waals surface area (Å²) in [5.41, 5.74) is 0.422. The highest BCUT2D eigenvalue weighted by atomic mass is 19.4. The average Bonchev–Trinajstić information content (AvgIpc) is 2.96. The Morgan fingerprint density at radius 2 is 2.00 bits per heavy atom. The molecule has 1 aliphatic heterocycles. The molecule has 0 bridgehead atoms. The van der Waals surface area contributed by atoms with Crippen LogP contribution in [0.4, 0.5) is 13.2 Å². The molecular weight excluding hydrogens is 299 g/mol. The summed E-state index contributed by atoms with van der Waals surface area (Å²) in [6.07, 6.45) is -2.92. The van der Waals surface area contributed by atoms with E-state index in [1.54, 1.807) is 6.07 Å². The zero-order chi connectivity index (χ0) is 15.6. The topological polar surface area (TPSA) is 60.2 Å². The van der Waals surface area contributed by atoms with E-state index >= 15 is 0 Å². The van der Waals surface area contributed by atoms with Crippen LogP contribution in [0, 0.1) is 0 Å². The zero-order valence-electron chi connectivity index (χ0n) is 11.6. The quantitative estimate of drug-likeness (QED) is 0.943. The molecule has 1 N–H and O–H groups in total. The molecule has 2 heterocycles. The third-order valence-corrected chi connectivity index (χ3v) is 3.46. The molecule has 0 aliphatic carbocycles. The van der Waals surface area contributed by atoms with E-state index in [0.717, 1.165) is 25.9 Å². The summed E-state index contributed by atoms with van der Waals surface area (Å²) in [5.74, 6) is 0.676. The van der Waals surface area contributed by atoms with Gasteiger partial charge < -0.3 is 14.6 Å². The van der Waals surface area contributed by atoms with Crippen molar-refractivity contribution >= 4 is 0 Å². The lowest BCUT2D eigenvalue weighted by atomic mass is 9.98. The summed E-state index contributed by atoms with van der Waals surface area (Å²) < 4.78 is 45.9. The van der Waals surface area contributed by atoms with Gasteiger partial charge in [0.2, 0.25) is 11.7 Å². The van der Waals surface area contributed by atoms with Crippen LogP contribution >= 0.6 is 0 Å². The number of ether oxygens (including phenoxy) is 1. The van der Waals surface area contributed by atoms with Gasteiger partial charge in [0.15, 0.2) is 0 Å². The number of hydrogen-bond donors (Lipinski definition) is 1. The number of alkyl halides is 3. The molecule has 2 aromatic rings. The van der Waals surface area contributed by atoms with Crippen LogP contribution in [0.1, 0.15) is 24.7 Å².